The van der Waals surface area contributed by atoms with E-state index in [1.54, 1.807) is 0 Å². The molecule has 86 valence electrons. The summed E-state index contributed by atoms with van der Waals surface area (Å²) >= 11 is 2.25. The Morgan fingerprint density at radius 3 is 2.88 bits per heavy atom. The minimum atomic E-state index is 0.195. The summed E-state index contributed by atoms with van der Waals surface area (Å²) in [7, 11) is 0. The fourth-order valence-corrected chi connectivity index (χ4v) is 2.71. The van der Waals surface area contributed by atoms with Crippen LogP contribution in [0.5, 0.6) is 0 Å². The van der Waals surface area contributed by atoms with Crippen LogP contribution in [0.25, 0.3) is 0 Å². The molecule has 0 radical (unpaired) electrons. The predicted octanol–water partition coefficient (Wildman–Crippen LogP) is 3.22. The summed E-state index contributed by atoms with van der Waals surface area (Å²) in [5.41, 5.74) is 1.94. The molecule has 0 aromatic heterocycles. The molecule has 1 aliphatic rings. The summed E-state index contributed by atoms with van der Waals surface area (Å²) in [6, 6.07) is 6.45. The maximum Gasteiger partial charge on any atom is 0.254 e. The van der Waals surface area contributed by atoms with Gasteiger partial charge in [-0.1, -0.05) is 6.07 Å². The van der Waals surface area contributed by atoms with Crippen molar-refractivity contribution in [2.45, 2.75) is 32.7 Å². The smallest absolute Gasteiger partial charge is 0.254 e. The van der Waals surface area contributed by atoms with Crippen LogP contribution in [0, 0.1) is 10.5 Å². The van der Waals surface area contributed by atoms with E-state index in [2.05, 4.69) is 29.5 Å². The number of aryl methyl sites for hydroxylation is 1. The quantitative estimate of drug-likeness (QED) is 0.725. The summed E-state index contributed by atoms with van der Waals surface area (Å²) < 4.78 is 1.12. The third-order valence-electron chi connectivity index (χ3n) is 3.24. The lowest BCUT2D eigenvalue weighted by atomic mass is 10.1. The van der Waals surface area contributed by atoms with Crippen LogP contribution in [0.3, 0.4) is 0 Å². The number of halogens is 1. The molecule has 0 unspecified atom stereocenters. The van der Waals surface area contributed by atoms with Crippen molar-refractivity contribution in [2.75, 3.05) is 6.54 Å². The normalized spacial score (nSPS) is 20.2. The molecular formula is C13H16INO. The molecule has 0 N–H and O–H groups in total. The highest BCUT2D eigenvalue weighted by Crippen LogP contribution is 2.22. The third-order valence-corrected chi connectivity index (χ3v) is 3.91. The zero-order chi connectivity index (χ0) is 11.7. The first-order valence-corrected chi connectivity index (χ1v) is 6.74. The van der Waals surface area contributed by atoms with Crippen LogP contribution in [0.2, 0.25) is 0 Å². The minimum absolute atomic E-state index is 0.195. The van der Waals surface area contributed by atoms with Gasteiger partial charge in [-0.15, -0.1) is 0 Å². The average Bonchev–Trinajstić information content (AvgIpc) is 2.67. The van der Waals surface area contributed by atoms with Crippen molar-refractivity contribution < 1.29 is 4.79 Å². The predicted molar refractivity (Wildman–Crippen MR) is 73.6 cm³/mol. The first-order valence-electron chi connectivity index (χ1n) is 5.66. The summed E-state index contributed by atoms with van der Waals surface area (Å²) in [5, 5.41) is 0. The largest absolute Gasteiger partial charge is 0.336 e. The molecule has 2 rings (SSSR count). The molecule has 1 fully saturated rings. The Kier molecular flexibility index (Phi) is 3.52. The van der Waals surface area contributed by atoms with Crippen molar-refractivity contribution in [1.82, 2.24) is 4.90 Å². The van der Waals surface area contributed by atoms with E-state index < -0.39 is 0 Å². The number of hydrogen-bond acceptors (Lipinski definition) is 1. The van der Waals surface area contributed by atoms with Gasteiger partial charge in [0.25, 0.3) is 5.91 Å². The maximum atomic E-state index is 12.4. The summed E-state index contributed by atoms with van der Waals surface area (Å²) in [6.45, 7) is 5.04. The number of carbonyl (C=O) groups excluding carboxylic acids is 1. The first-order chi connectivity index (χ1) is 7.59. The Balaban J connectivity index is 2.29. The highest BCUT2D eigenvalue weighted by molar-refractivity contribution is 14.1. The molecule has 1 aliphatic heterocycles. The van der Waals surface area contributed by atoms with Gasteiger partial charge < -0.3 is 4.90 Å². The zero-order valence-electron chi connectivity index (χ0n) is 9.66. The molecule has 1 aromatic rings. The number of amides is 1. The number of likely N-dealkylation sites (tertiary alicyclic amines) is 1. The van der Waals surface area contributed by atoms with Crippen LogP contribution in [-0.2, 0) is 0 Å². The van der Waals surface area contributed by atoms with Gasteiger partial charge in [-0.05, 0) is 67.0 Å². The summed E-state index contributed by atoms with van der Waals surface area (Å²) in [6.07, 6.45) is 2.27. The van der Waals surface area contributed by atoms with Gasteiger partial charge in [-0.3, -0.25) is 4.79 Å². The van der Waals surface area contributed by atoms with Crippen molar-refractivity contribution in [3.8, 4) is 0 Å². The van der Waals surface area contributed by atoms with Crippen LogP contribution in [0.15, 0.2) is 18.2 Å². The van der Waals surface area contributed by atoms with Crippen LogP contribution in [-0.4, -0.2) is 23.4 Å². The molecule has 1 heterocycles. The number of benzene rings is 1. The topological polar surface area (TPSA) is 20.3 Å². The van der Waals surface area contributed by atoms with Crippen molar-refractivity contribution in [3.63, 3.8) is 0 Å². The van der Waals surface area contributed by atoms with E-state index in [9.17, 15) is 4.79 Å². The molecular weight excluding hydrogens is 313 g/mol. The second kappa shape index (κ2) is 4.73. The van der Waals surface area contributed by atoms with E-state index in [0.717, 1.165) is 34.1 Å². The Labute approximate surface area is 110 Å². The molecule has 1 saturated heterocycles. The highest BCUT2D eigenvalue weighted by Gasteiger charge is 2.26. The number of carbonyl (C=O) groups is 1. The molecule has 0 bridgehead atoms. The maximum absolute atomic E-state index is 12.4. The zero-order valence-corrected chi connectivity index (χ0v) is 11.8. The lowest BCUT2D eigenvalue weighted by Gasteiger charge is -2.22. The van der Waals surface area contributed by atoms with Crippen LogP contribution >= 0.6 is 22.6 Å². The molecule has 2 nitrogen and oxygen atoms in total. The van der Waals surface area contributed by atoms with E-state index >= 15 is 0 Å². The molecule has 1 amide bonds. The van der Waals surface area contributed by atoms with E-state index in [-0.39, 0.29) is 5.91 Å². The molecule has 16 heavy (non-hydrogen) atoms. The van der Waals surface area contributed by atoms with Gasteiger partial charge >= 0.3 is 0 Å². The molecule has 0 spiro atoms. The fraction of sp³-hybridized carbons (Fsp3) is 0.462. The van der Waals surface area contributed by atoms with E-state index in [1.807, 2.05) is 30.0 Å². The first kappa shape index (κ1) is 11.9. The molecule has 0 saturated carbocycles. The second-order valence-electron chi connectivity index (χ2n) is 4.45. The monoisotopic (exact) mass is 329 g/mol. The van der Waals surface area contributed by atoms with Crippen molar-refractivity contribution in [3.05, 3.63) is 32.9 Å². The number of rotatable bonds is 1. The van der Waals surface area contributed by atoms with Gasteiger partial charge in [0.2, 0.25) is 0 Å². The van der Waals surface area contributed by atoms with E-state index in [4.69, 9.17) is 0 Å². The SMILES string of the molecule is Cc1ccc(I)cc1C(=O)N1CCC[C@H]1C. The lowest BCUT2D eigenvalue weighted by Crippen LogP contribution is -2.34. The Bertz CT molecular complexity index is 416. The Morgan fingerprint density at radius 1 is 1.50 bits per heavy atom. The molecule has 3 heteroatoms. The Hall–Kier alpha value is -0.580. The van der Waals surface area contributed by atoms with E-state index in [1.165, 1.54) is 0 Å². The molecule has 1 aromatic carbocycles. The van der Waals surface area contributed by atoms with Gasteiger partial charge in [0, 0.05) is 21.7 Å². The average molecular weight is 329 g/mol. The van der Waals surface area contributed by atoms with E-state index in [0.29, 0.717) is 6.04 Å². The minimum Gasteiger partial charge on any atom is -0.336 e. The summed E-state index contributed by atoms with van der Waals surface area (Å²) in [5.74, 6) is 0.195. The lowest BCUT2D eigenvalue weighted by molar-refractivity contribution is 0.0746. The van der Waals surface area contributed by atoms with Crippen molar-refractivity contribution in [1.29, 1.82) is 0 Å². The third kappa shape index (κ3) is 2.24. The fourth-order valence-electron chi connectivity index (χ4n) is 2.21. The summed E-state index contributed by atoms with van der Waals surface area (Å²) in [4.78, 5) is 14.4. The van der Waals surface area contributed by atoms with Crippen molar-refractivity contribution >= 4 is 28.5 Å². The highest BCUT2D eigenvalue weighted by atomic mass is 127. The van der Waals surface area contributed by atoms with Gasteiger partial charge in [-0.25, -0.2) is 0 Å². The second-order valence-corrected chi connectivity index (χ2v) is 5.69. The van der Waals surface area contributed by atoms with Gasteiger partial charge in [-0.2, -0.15) is 0 Å². The van der Waals surface area contributed by atoms with Crippen LogP contribution in [0.1, 0.15) is 35.7 Å². The van der Waals surface area contributed by atoms with Gasteiger partial charge in [0.1, 0.15) is 0 Å². The standard InChI is InChI=1S/C13H16INO/c1-9-5-6-11(14)8-12(9)13(16)15-7-3-4-10(15)2/h5-6,8,10H,3-4,7H2,1-2H3/t10-/m1/s1. The molecule has 1 atom stereocenters. The van der Waals surface area contributed by atoms with Crippen LogP contribution < -0.4 is 0 Å². The van der Waals surface area contributed by atoms with Gasteiger partial charge in [0.15, 0.2) is 0 Å². The Morgan fingerprint density at radius 2 is 2.25 bits per heavy atom. The van der Waals surface area contributed by atoms with Crippen LogP contribution in [0.4, 0.5) is 0 Å². The number of nitrogens with zero attached hydrogens (tertiary/aromatic N) is 1. The van der Waals surface area contributed by atoms with Gasteiger partial charge in [0.05, 0.1) is 0 Å². The molecule has 0 aliphatic carbocycles. The number of hydrogen-bond donors (Lipinski definition) is 0. The van der Waals surface area contributed by atoms with Crippen molar-refractivity contribution in [2.24, 2.45) is 0 Å².